The van der Waals surface area contributed by atoms with Crippen LogP contribution in [-0.4, -0.2) is 13.4 Å². The lowest BCUT2D eigenvalue weighted by molar-refractivity contribution is -0.290. The molecule has 4 rings (SSSR count). The van der Waals surface area contributed by atoms with E-state index in [4.69, 9.17) is 9.26 Å². The van der Waals surface area contributed by atoms with Crippen LogP contribution in [0.4, 0.5) is 0 Å². The summed E-state index contributed by atoms with van der Waals surface area (Å²) in [5, 5.41) is 2.21. The largest absolute Gasteiger partial charge is 0.385 e. The summed E-state index contributed by atoms with van der Waals surface area (Å²) >= 11 is 0. The summed E-state index contributed by atoms with van der Waals surface area (Å²) in [5.41, 5.74) is 3.56. The van der Waals surface area contributed by atoms with Gasteiger partial charge in [-0.1, -0.05) is 112 Å². The number of benzene rings is 3. The molecule has 32 heavy (non-hydrogen) atoms. The predicted octanol–water partition coefficient (Wildman–Crippen LogP) is 7.44. The Hall–Kier alpha value is -2.24. The highest BCUT2D eigenvalue weighted by Gasteiger charge is 2.53. The molecule has 3 aromatic carbocycles. The van der Waals surface area contributed by atoms with Crippen LogP contribution in [0.15, 0.2) is 91.0 Å². The molecule has 1 aliphatic rings. The van der Waals surface area contributed by atoms with E-state index in [1.165, 1.54) is 11.1 Å². The molecule has 1 fully saturated rings. The van der Waals surface area contributed by atoms with Gasteiger partial charge in [0.1, 0.15) is 0 Å². The molecule has 3 aromatic rings. The Balaban J connectivity index is 1.77. The van der Waals surface area contributed by atoms with Gasteiger partial charge in [0.2, 0.25) is 5.79 Å². The number of nitrogens with zero attached hydrogens (tertiary/aromatic N) is 1. The zero-order valence-corrected chi connectivity index (χ0v) is 20.9. The molecule has 0 amide bonds. The van der Waals surface area contributed by atoms with Crippen molar-refractivity contribution in [2.75, 3.05) is 0 Å². The lowest BCUT2D eigenvalue weighted by Crippen LogP contribution is -2.48. The minimum Gasteiger partial charge on any atom is -0.385 e. The zero-order valence-electron chi connectivity index (χ0n) is 19.9. The van der Waals surface area contributed by atoms with Crippen LogP contribution in [0.1, 0.15) is 49.9 Å². The Bertz CT molecular complexity index is 1000. The van der Waals surface area contributed by atoms with Gasteiger partial charge in [-0.05, 0) is 29.3 Å². The van der Waals surface area contributed by atoms with Gasteiger partial charge in [-0.3, -0.25) is 4.84 Å². The van der Waals surface area contributed by atoms with E-state index in [0.717, 1.165) is 12.0 Å². The lowest BCUT2D eigenvalue weighted by Gasteiger charge is -2.43. The monoisotopic (exact) mass is 445 g/mol. The first-order valence-corrected chi connectivity index (χ1v) is 14.4. The van der Waals surface area contributed by atoms with E-state index in [-0.39, 0.29) is 11.1 Å². The van der Waals surface area contributed by atoms with E-state index in [0.29, 0.717) is 6.54 Å². The number of rotatable bonds is 6. The summed E-state index contributed by atoms with van der Waals surface area (Å²) in [6.45, 7) is 12.2. The van der Waals surface area contributed by atoms with Crippen LogP contribution in [0.5, 0.6) is 0 Å². The first-order valence-electron chi connectivity index (χ1n) is 11.5. The van der Waals surface area contributed by atoms with Gasteiger partial charge >= 0.3 is 0 Å². The highest BCUT2D eigenvalue weighted by molar-refractivity contribution is 6.74. The van der Waals surface area contributed by atoms with E-state index < -0.39 is 14.1 Å². The maximum atomic E-state index is 7.13. The maximum absolute atomic E-state index is 7.13. The molecule has 0 bridgehead atoms. The highest BCUT2D eigenvalue weighted by Crippen LogP contribution is 2.51. The van der Waals surface area contributed by atoms with Crippen LogP contribution in [-0.2, 0) is 21.6 Å². The first kappa shape index (κ1) is 22.9. The third-order valence-electron chi connectivity index (χ3n) is 6.88. The highest BCUT2D eigenvalue weighted by atomic mass is 28.4. The summed E-state index contributed by atoms with van der Waals surface area (Å²) in [4.78, 5) is 6.88. The van der Waals surface area contributed by atoms with Gasteiger partial charge in [0.15, 0.2) is 8.32 Å². The van der Waals surface area contributed by atoms with Crippen LogP contribution in [0.25, 0.3) is 0 Å². The van der Waals surface area contributed by atoms with Crippen LogP contribution < -0.4 is 0 Å². The molecular formula is C28H35NO2Si. The summed E-state index contributed by atoms with van der Waals surface area (Å²) in [5.74, 6) is -0.806. The number of hydrogen-bond donors (Lipinski definition) is 0. The second kappa shape index (κ2) is 8.95. The van der Waals surface area contributed by atoms with Gasteiger partial charge in [0.05, 0.1) is 6.04 Å². The fourth-order valence-electron chi connectivity index (χ4n) is 4.06. The van der Waals surface area contributed by atoms with E-state index in [2.05, 4.69) is 130 Å². The molecule has 0 saturated carbocycles. The SMILES string of the molecule is CC(C)(C)[Si](C)(C)O[C@]1(c2ccccc2)C[C@@H](c2ccccc2)N(Cc2ccccc2)O1. The normalized spacial score (nSPS) is 22.2. The maximum Gasteiger partial charge on any atom is 0.206 e. The molecule has 4 heteroatoms. The Morgan fingerprint density at radius 3 is 1.97 bits per heavy atom. The van der Waals surface area contributed by atoms with Crippen molar-refractivity contribution < 1.29 is 9.26 Å². The Morgan fingerprint density at radius 2 is 1.41 bits per heavy atom. The van der Waals surface area contributed by atoms with Crippen molar-refractivity contribution in [1.82, 2.24) is 5.06 Å². The summed E-state index contributed by atoms with van der Waals surface area (Å²) in [7, 11) is -2.13. The van der Waals surface area contributed by atoms with Crippen molar-refractivity contribution in [3.05, 3.63) is 108 Å². The summed E-state index contributed by atoms with van der Waals surface area (Å²) < 4.78 is 7.13. The Kier molecular flexibility index (Phi) is 6.41. The molecule has 0 aromatic heterocycles. The first-order chi connectivity index (χ1) is 15.2. The molecule has 1 saturated heterocycles. The molecule has 168 valence electrons. The van der Waals surface area contributed by atoms with Gasteiger partial charge in [0.25, 0.3) is 0 Å². The van der Waals surface area contributed by atoms with Gasteiger partial charge in [-0.25, -0.2) is 0 Å². The quantitative estimate of drug-likeness (QED) is 0.368. The molecule has 0 spiro atoms. The predicted molar refractivity (Wildman–Crippen MR) is 133 cm³/mol. The third-order valence-corrected chi connectivity index (χ3v) is 11.3. The minimum absolute atomic E-state index is 0.0766. The van der Waals surface area contributed by atoms with Gasteiger partial charge in [-0.2, -0.15) is 5.06 Å². The van der Waals surface area contributed by atoms with E-state index in [1.54, 1.807) is 0 Å². The number of hydrogen-bond acceptors (Lipinski definition) is 3. The average molecular weight is 446 g/mol. The molecule has 0 radical (unpaired) electrons. The van der Waals surface area contributed by atoms with E-state index >= 15 is 0 Å². The molecule has 0 unspecified atom stereocenters. The van der Waals surface area contributed by atoms with Crippen LogP contribution in [0, 0.1) is 0 Å². The van der Waals surface area contributed by atoms with Crippen molar-refractivity contribution in [1.29, 1.82) is 0 Å². The summed E-state index contributed by atoms with van der Waals surface area (Å²) in [6, 6.07) is 31.8. The van der Waals surface area contributed by atoms with Crippen molar-refractivity contribution in [3.8, 4) is 0 Å². The van der Waals surface area contributed by atoms with Crippen LogP contribution in [0.2, 0.25) is 18.1 Å². The van der Waals surface area contributed by atoms with Crippen molar-refractivity contribution in [2.24, 2.45) is 0 Å². The van der Waals surface area contributed by atoms with Gasteiger partial charge in [-0.15, -0.1) is 0 Å². The Labute approximate surface area is 194 Å². The number of hydroxylamine groups is 2. The molecular weight excluding hydrogens is 410 g/mol. The van der Waals surface area contributed by atoms with Gasteiger partial charge < -0.3 is 4.43 Å². The van der Waals surface area contributed by atoms with Gasteiger partial charge in [0, 0.05) is 18.5 Å². The lowest BCUT2D eigenvalue weighted by atomic mass is 9.95. The fraction of sp³-hybridized carbons (Fsp3) is 0.357. The van der Waals surface area contributed by atoms with E-state index in [9.17, 15) is 0 Å². The standard InChI is InChI=1S/C28H35NO2Si/c1-27(2,3)32(4,5)31-28(25-19-13-8-14-20-25)21-26(24-17-11-7-12-18-24)29(30-28)22-23-15-9-6-10-16-23/h6-20,26H,21-22H2,1-5H3/t26-,28-/m0/s1. The van der Waals surface area contributed by atoms with Crippen molar-refractivity contribution in [2.45, 2.75) is 63.7 Å². The fourth-order valence-corrected chi connectivity index (χ4v) is 5.43. The minimum atomic E-state index is -2.13. The molecule has 2 atom stereocenters. The second-order valence-electron chi connectivity index (χ2n) is 10.3. The molecule has 0 N–H and O–H groups in total. The molecule has 1 heterocycles. The van der Waals surface area contributed by atoms with Crippen molar-refractivity contribution >= 4 is 8.32 Å². The molecule has 1 aliphatic heterocycles. The van der Waals surface area contributed by atoms with E-state index in [1.807, 2.05) is 0 Å². The van der Waals surface area contributed by atoms with Crippen LogP contribution in [0.3, 0.4) is 0 Å². The van der Waals surface area contributed by atoms with Crippen LogP contribution >= 0.6 is 0 Å². The zero-order chi connectivity index (χ0) is 22.8. The smallest absolute Gasteiger partial charge is 0.206 e. The second-order valence-corrected chi connectivity index (χ2v) is 15.0. The molecule has 3 nitrogen and oxygen atoms in total. The summed E-state index contributed by atoms with van der Waals surface area (Å²) in [6.07, 6.45) is 0.750. The topological polar surface area (TPSA) is 21.7 Å². The van der Waals surface area contributed by atoms with Crippen molar-refractivity contribution in [3.63, 3.8) is 0 Å². The Morgan fingerprint density at radius 1 is 0.875 bits per heavy atom. The molecule has 0 aliphatic carbocycles. The third kappa shape index (κ3) is 4.74. The average Bonchev–Trinajstić information content (AvgIpc) is 3.13.